The van der Waals surface area contributed by atoms with E-state index in [9.17, 15) is 0 Å². The van der Waals surface area contributed by atoms with Crippen LogP contribution < -0.4 is 0 Å². The third-order valence-corrected chi connectivity index (χ3v) is 1.65. The third-order valence-electron chi connectivity index (χ3n) is 1.65. The minimum absolute atomic E-state index is 0.351. The highest BCUT2D eigenvalue weighted by Gasteiger charge is 1.97. The van der Waals surface area contributed by atoms with Crippen LogP contribution in [0.5, 0.6) is 0 Å². The topological polar surface area (TPSA) is 9.23 Å². The predicted octanol–water partition coefficient (Wildman–Crippen LogP) is 3.16. The Morgan fingerprint density at radius 2 is 2.18 bits per heavy atom. The average Bonchev–Trinajstić information content (AvgIpc) is 1.99. The fourth-order valence-electron chi connectivity index (χ4n) is 0.939. The maximum Gasteiger partial charge on any atom is 0.0581 e. The van der Waals surface area contributed by atoms with Crippen LogP contribution in [0.3, 0.4) is 0 Å². The molecular formula is C10H20O. The van der Waals surface area contributed by atoms with Crippen molar-refractivity contribution in [2.24, 2.45) is 0 Å². The van der Waals surface area contributed by atoms with Gasteiger partial charge >= 0.3 is 0 Å². The molecule has 0 rings (SSSR count). The molecule has 0 radical (unpaired) electrons. The highest BCUT2D eigenvalue weighted by molar-refractivity contribution is 4.70. The predicted molar refractivity (Wildman–Crippen MR) is 49.8 cm³/mol. The third kappa shape index (κ3) is 7.60. The first-order chi connectivity index (χ1) is 5.31. The van der Waals surface area contributed by atoms with Gasteiger partial charge in [-0.2, -0.15) is 0 Å². The molecule has 0 aliphatic heterocycles. The molecule has 0 saturated heterocycles. The fraction of sp³-hybridized carbons (Fsp3) is 0.800. The molecule has 1 unspecified atom stereocenters. The maximum atomic E-state index is 5.51. The molecule has 0 spiro atoms. The first-order valence-corrected chi connectivity index (χ1v) is 4.53. The van der Waals surface area contributed by atoms with Gasteiger partial charge in [-0.15, -0.1) is 6.58 Å². The van der Waals surface area contributed by atoms with Gasteiger partial charge in [-0.3, -0.25) is 0 Å². The smallest absolute Gasteiger partial charge is 0.0581 e. The van der Waals surface area contributed by atoms with Crippen LogP contribution in [0.25, 0.3) is 0 Å². The molecule has 0 heterocycles. The van der Waals surface area contributed by atoms with Crippen LogP contribution in [0, 0.1) is 0 Å². The second-order valence-corrected chi connectivity index (χ2v) is 2.91. The molecule has 1 atom stereocenters. The van der Waals surface area contributed by atoms with Crippen molar-refractivity contribution < 1.29 is 4.74 Å². The molecule has 0 aromatic rings. The van der Waals surface area contributed by atoms with E-state index in [2.05, 4.69) is 20.4 Å². The lowest BCUT2D eigenvalue weighted by Gasteiger charge is -2.09. The highest BCUT2D eigenvalue weighted by Crippen LogP contribution is 2.00. The van der Waals surface area contributed by atoms with Gasteiger partial charge in [0.1, 0.15) is 0 Å². The van der Waals surface area contributed by atoms with E-state index in [1.165, 1.54) is 19.3 Å². The standard InChI is InChI=1S/C10H20O/c1-4-6-7-9-11-10(3)8-5-2/h5,10H,2,4,6-9H2,1,3H3. The Hall–Kier alpha value is -0.300. The lowest BCUT2D eigenvalue weighted by molar-refractivity contribution is 0.0655. The van der Waals surface area contributed by atoms with Crippen molar-refractivity contribution in [2.75, 3.05) is 6.61 Å². The first-order valence-electron chi connectivity index (χ1n) is 4.53. The molecule has 0 aromatic carbocycles. The molecular weight excluding hydrogens is 136 g/mol. The van der Waals surface area contributed by atoms with Gasteiger partial charge in [-0.05, 0) is 19.8 Å². The van der Waals surface area contributed by atoms with Crippen molar-refractivity contribution >= 4 is 0 Å². The fourth-order valence-corrected chi connectivity index (χ4v) is 0.939. The van der Waals surface area contributed by atoms with E-state index < -0.39 is 0 Å². The Morgan fingerprint density at radius 3 is 2.73 bits per heavy atom. The van der Waals surface area contributed by atoms with Crippen LogP contribution >= 0.6 is 0 Å². The van der Waals surface area contributed by atoms with Gasteiger partial charge in [0.2, 0.25) is 0 Å². The van der Waals surface area contributed by atoms with Crippen molar-refractivity contribution in [1.29, 1.82) is 0 Å². The zero-order chi connectivity index (χ0) is 8.53. The van der Waals surface area contributed by atoms with E-state index in [1.54, 1.807) is 0 Å². The first kappa shape index (κ1) is 10.7. The maximum absolute atomic E-state index is 5.51. The second kappa shape index (κ2) is 7.80. The summed E-state index contributed by atoms with van der Waals surface area (Å²) in [5, 5.41) is 0. The van der Waals surface area contributed by atoms with Crippen molar-refractivity contribution in [2.45, 2.75) is 45.6 Å². The van der Waals surface area contributed by atoms with E-state index in [0.717, 1.165) is 13.0 Å². The summed E-state index contributed by atoms with van der Waals surface area (Å²) in [7, 11) is 0. The van der Waals surface area contributed by atoms with Crippen LogP contribution in [-0.4, -0.2) is 12.7 Å². The van der Waals surface area contributed by atoms with Crippen LogP contribution in [0.1, 0.15) is 39.5 Å². The molecule has 0 N–H and O–H groups in total. The molecule has 0 bridgehead atoms. The molecule has 0 aliphatic carbocycles. The molecule has 0 aliphatic rings. The summed E-state index contributed by atoms with van der Waals surface area (Å²) in [6.07, 6.45) is 6.96. The van der Waals surface area contributed by atoms with E-state index in [0.29, 0.717) is 6.10 Å². The van der Waals surface area contributed by atoms with Gasteiger partial charge in [0, 0.05) is 6.61 Å². The summed E-state index contributed by atoms with van der Waals surface area (Å²) in [5.74, 6) is 0. The van der Waals surface area contributed by atoms with E-state index >= 15 is 0 Å². The van der Waals surface area contributed by atoms with Gasteiger partial charge in [0.05, 0.1) is 6.10 Å². The van der Waals surface area contributed by atoms with E-state index in [1.807, 2.05) is 6.08 Å². The van der Waals surface area contributed by atoms with Gasteiger partial charge in [0.25, 0.3) is 0 Å². The number of unbranched alkanes of at least 4 members (excludes halogenated alkanes) is 2. The Labute approximate surface area is 70.4 Å². The molecule has 66 valence electrons. The van der Waals surface area contributed by atoms with Gasteiger partial charge in [0.15, 0.2) is 0 Å². The van der Waals surface area contributed by atoms with Crippen LogP contribution in [-0.2, 0) is 4.74 Å². The number of ether oxygens (including phenoxy) is 1. The van der Waals surface area contributed by atoms with E-state index in [-0.39, 0.29) is 0 Å². The Bertz CT molecular complexity index is 88.9. The quantitative estimate of drug-likeness (QED) is 0.406. The molecule has 0 amide bonds. The number of hydrogen-bond acceptors (Lipinski definition) is 1. The zero-order valence-electron chi connectivity index (χ0n) is 7.81. The lowest BCUT2D eigenvalue weighted by atomic mass is 10.2. The van der Waals surface area contributed by atoms with Crippen LogP contribution in [0.15, 0.2) is 12.7 Å². The minimum atomic E-state index is 0.351. The van der Waals surface area contributed by atoms with Gasteiger partial charge in [-0.1, -0.05) is 25.8 Å². The summed E-state index contributed by atoms with van der Waals surface area (Å²) in [6, 6.07) is 0. The summed E-state index contributed by atoms with van der Waals surface area (Å²) < 4.78 is 5.51. The monoisotopic (exact) mass is 156 g/mol. The lowest BCUT2D eigenvalue weighted by Crippen LogP contribution is -2.07. The Morgan fingerprint density at radius 1 is 1.45 bits per heavy atom. The average molecular weight is 156 g/mol. The zero-order valence-corrected chi connectivity index (χ0v) is 7.81. The number of rotatable bonds is 7. The Balaban J connectivity index is 3.03. The van der Waals surface area contributed by atoms with Gasteiger partial charge in [-0.25, -0.2) is 0 Å². The second-order valence-electron chi connectivity index (χ2n) is 2.91. The molecule has 0 saturated carbocycles. The normalized spacial score (nSPS) is 12.9. The highest BCUT2D eigenvalue weighted by atomic mass is 16.5. The number of hydrogen-bond donors (Lipinski definition) is 0. The summed E-state index contributed by atoms with van der Waals surface area (Å²) in [4.78, 5) is 0. The summed E-state index contributed by atoms with van der Waals surface area (Å²) >= 11 is 0. The Kier molecular flexibility index (Phi) is 7.59. The van der Waals surface area contributed by atoms with Crippen LogP contribution in [0.4, 0.5) is 0 Å². The van der Waals surface area contributed by atoms with Crippen molar-refractivity contribution in [3.8, 4) is 0 Å². The summed E-state index contributed by atoms with van der Waals surface area (Å²) in [6.45, 7) is 8.86. The van der Waals surface area contributed by atoms with Gasteiger partial charge < -0.3 is 4.74 Å². The SMILES string of the molecule is C=CCC(C)OCCCCC. The van der Waals surface area contributed by atoms with E-state index in [4.69, 9.17) is 4.74 Å². The van der Waals surface area contributed by atoms with Crippen molar-refractivity contribution in [3.05, 3.63) is 12.7 Å². The molecule has 0 aromatic heterocycles. The van der Waals surface area contributed by atoms with Crippen molar-refractivity contribution in [3.63, 3.8) is 0 Å². The minimum Gasteiger partial charge on any atom is -0.378 e. The molecule has 0 fully saturated rings. The summed E-state index contributed by atoms with van der Waals surface area (Å²) in [5.41, 5.74) is 0. The van der Waals surface area contributed by atoms with Crippen LogP contribution in [0.2, 0.25) is 0 Å². The molecule has 1 nitrogen and oxygen atoms in total. The largest absolute Gasteiger partial charge is 0.378 e. The van der Waals surface area contributed by atoms with Crippen molar-refractivity contribution in [1.82, 2.24) is 0 Å². The molecule has 11 heavy (non-hydrogen) atoms. The molecule has 1 heteroatoms.